The normalized spacial score (nSPS) is 11.3. The van der Waals surface area contributed by atoms with Crippen LogP contribution < -0.4 is 4.72 Å². The second-order valence-electron chi connectivity index (χ2n) is 4.24. The summed E-state index contributed by atoms with van der Waals surface area (Å²) in [7, 11) is -3.60. The van der Waals surface area contributed by atoms with Crippen LogP contribution in [0.3, 0.4) is 0 Å². The first-order valence-electron chi connectivity index (χ1n) is 5.86. The molecule has 0 aliphatic heterocycles. The van der Waals surface area contributed by atoms with Gasteiger partial charge < -0.3 is 0 Å². The number of thioether (sulfide) groups is 1. The summed E-state index contributed by atoms with van der Waals surface area (Å²) < 4.78 is 28.1. The van der Waals surface area contributed by atoms with E-state index in [0.29, 0.717) is 10.2 Å². The van der Waals surface area contributed by atoms with Crippen molar-refractivity contribution >= 4 is 43.4 Å². The number of rotatable bonds is 4. The number of sulfonamides is 1. The van der Waals surface area contributed by atoms with E-state index in [9.17, 15) is 8.42 Å². The predicted octanol–water partition coefficient (Wildman–Crippen LogP) is 4.28. The van der Waals surface area contributed by atoms with Crippen molar-refractivity contribution in [1.82, 2.24) is 0 Å². The van der Waals surface area contributed by atoms with Crippen LogP contribution in [0.2, 0.25) is 0 Å². The largest absolute Gasteiger partial charge is 0.278 e. The Morgan fingerprint density at radius 1 is 1.15 bits per heavy atom. The summed E-state index contributed by atoms with van der Waals surface area (Å²) in [5.74, 6) is 0. The zero-order valence-electron chi connectivity index (χ0n) is 11.1. The van der Waals surface area contributed by atoms with Gasteiger partial charge in [0.1, 0.15) is 4.90 Å². The number of benzene rings is 2. The monoisotopic (exact) mass is 371 g/mol. The van der Waals surface area contributed by atoms with E-state index in [0.717, 1.165) is 10.5 Å². The molecule has 0 saturated carbocycles. The van der Waals surface area contributed by atoms with Crippen molar-refractivity contribution in [3.63, 3.8) is 0 Å². The highest BCUT2D eigenvalue weighted by Gasteiger charge is 2.18. The molecule has 0 fully saturated rings. The van der Waals surface area contributed by atoms with Crippen molar-refractivity contribution in [2.24, 2.45) is 0 Å². The van der Waals surface area contributed by atoms with Crippen molar-refractivity contribution in [3.8, 4) is 0 Å². The van der Waals surface area contributed by atoms with Gasteiger partial charge in [0.25, 0.3) is 10.0 Å². The molecule has 0 aromatic heterocycles. The number of halogens is 1. The molecule has 2 aromatic rings. The van der Waals surface area contributed by atoms with Crippen LogP contribution in [0.1, 0.15) is 5.56 Å². The van der Waals surface area contributed by atoms with Gasteiger partial charge in [-0.2, -0.15) is 0 Å². The van der Waals surface area contributed by atoms with E-state index < -0.39 is 10.0 Å². The summed E-state index contributed by atoms with van der Waals surface area (Å²) in [6.45, 7) is 1.91. The van der Waals surface area contributed by atoms with E-state index in [1.165, 1.54) is 11.8 Å². The molecule has 20 heavy (non-hydrogen) atoms. The highest BCUT2D eigenvalue weighted by atomic mass is 79.9. The van der Waals surface area contributed by atoms with Gasteiger partial charge in [0, 0.05) is 9.37 Å². The topological polar surface area (TPSA) is 46.2 Å². The summed E-state index contributed by atoms with van der Waals surface area (Å²) in [6.07, 6.45) is 1.91. The molecule has 0 unspecified atom stereocenters. The molecule has 2 aromatic carbocycles. The minimum absolute atomic E-state index is 0.235. The molecule has 0 aliphatic carbocycles. The average Bonchev–Trinajstić information content (AvgIpc) is 2.38. The number of nitrogens with one attached hydrogen (secondary N) is 1. The number of para-hydroxylation sites is 1. The van der Waals surface area contributed by atoms with Crippen LogP contribution in [0.5, 0.6) is 0 Å². The Balaban J connectivity index is 2.41. The highest BCUT2D eigenvalue weighted by molar-refractivity contribution is 9.10. The van der Waals surface area contributed by atoms with E-state index in [1.54, 1.807) is 24.3 Å². The first kappa shape index (κ1) is 15.4. The lowest BCUT2D eigenvalue weighted by molar-refractivity contribution is 0.600. The molecule has 0 atom stereocenters. The fourth-order valence-electron chi connectivity index (χ4n) is 1.75. The van der Waals surface area contributed by atoms with Crippen LogP contribution in [0.25, 0.3) is 0 Å². The molecule has 3 nitrogen and oxygen atoms in total. The molecule has 2 rings (SSSR count). The van der Waals surface area contributed by atoms with Gasteiger partial charge in [0.2, 0.25) is 0 Å². The quantitative estimate of drug-likeness (QED) is 0.815. The van der Waals surface area contributed by atoms with Crippen molar-refractivity contribution in [3.05, 3.63) is 52.5 Å². The average molecular weight is 372 g/mol. The first-order valence-corrected chi connectivity index (χ1v) is 9.36. The molecule has 0 radical (unpaired) electrons. The van der Waals surface area contributed by atoms with Crippen LogP contribution in [0.15, 0.2) is 56.7 Å². The summed E-state index contributed by atoms with van der Waals surface area (Å²) >= 11 is 4.81. The van der Waals surface area contributed by atoms with E-state index in [4.69, 9.17) is 0 Å². The van der Waals surface area contributed by atoms with Crippen LogP contribution in [0, 0.1) is 6.92 Å². The lowest BCUT2D eigenvalue weighted by atomic mass is 10.2. The third kappa shape index (κ3) is 3.37. The molecule has 0 bridgehead atoms. The van der Waals surface area contributed by atoms with Gasteiger partial charge in [-0.05, 0) is 58.9 Å². The van der Waals surface area contributed by atoms with Gasteiger partial charge in [-0.25, -0.2) is 8.42 Å². The van der Waals surface area contributed by atoms with Crippen LogP contribution in [-0.4, -0.2) is 14.7 Å². The SMILES string of the molecule is CSc1ccccc1NS(=O)(=O)c1ccc(C)cc1Br. The van der Waals surface area contributed by atoms with Crippen LogP contribution in [-0.2, 0) is 10.0 Å². The standard InChI is InChI=1S/C14H14BrNO2S2/c1-10-7-8-14(11(15)9-10)20(17,18)16-12-5-3-4-6-13(12)19-2/h3-9,16H,1-2H3. The number of hydrogen-bond acceptors (Lipinski definition) is 3. The van der Waals surface area contributed by atoms with E-state index in [2.05, 4.69) is 20.7 Å². The minimum Gasteiger partial charge on any atom is -0.278 e. The molecule has 0 spiro atoms. The highest BCUT2D eigenvalue weighted by Crippen LogP contribution is 2.29. The summed E-state index contributed by atoms with van der Waals surface area (Å²) in [4.78, 5) is 1.12. The van der Waals surface area contributed by atoms with Gasteiger partial charge in [0.15, 0.2) is 0 Å². The van der Waals surface area contributed by atoms with Gasteiger partial charge in [-0.3, -0.25) is 4.72 Å². The summed E-state index contributed by atoms with van der Waals surface area (Å²) in [6, 6.07) is 12.5. The lowest BCUT2D eigenvalue weighted by Gasteiger charge is -2.12. The second kappa shape index (κ2) is 6.20. The predicted molar refractivity (Wildman–Crippen MR) is 87.9 cm³/mol. The Hall–Kier alpha value is -0.980. The maximum atomic E-state index is 12.5. The van der Waals surface area contributed by atoms with Crippen molar-refractivity contribution in [2.75, 3.05) is 11.0 Å². The maximum Gasteiger partial charge on any atom is 0.263 e. The fourth-order valence-corrected chi connectivity index (χ4v) is 4.64. The Morgan fingerprint density at radius 2 is 1.85 bits per heavy atom. The Labute approximate surface area is 132 Å². The van der Waals surface area contributed by atoms with E-state index in [1.807, 2.05) is 31.4 Å². The summed E-state index contributed by atoms with van der Waals surface area (Å²) in [5, 5.41) is 0. The van der Waals surface area contributed by atoms with Gasteiger partial charge in [0.05, 0.1) is 5.69 Å². The summed E-state index contributed by atoms with van der Waals surface area (Å²) in [5.41, 5.74) is 1.59. The van der Waals surface area contributed by atoms with Crippen molar-refractivity contribution in [2.45, 2.75) is 16.7 Å². The minimum atomic E-state index is -3.60. The van der Waals surface area contributed by atoms with Gasteiger partial charge >= 0.3 is 0 Å². The molecule has 106 valence electrons. The second-order valence-corrected chi connectivity index (χ2v) is 7.59. The first-order chi connectivity index (χ1) is 9.44. The third-order valence-electron chi connectivity index (χ3n) is 2.73. The zero-order chi connectivity index (χ0) is 14.8. The third-order valence-corrected chi connectivity index (χ3v) is 5.87. The smallest absolute Gasteiger partial charge is 0.263 e. The van der Waals surface area contributed by atoms with E-state index in [-0.39, 0.29) is 4.90 Å². The molecule has 0 amide bonds. The Kier molecular flexibility index (Phi) is 4.78. The van der Waals surface area contributed by atoms with Gasteiger partial charge in [-0.1, -0.05) is 18.2 Å². The molecule has 1 N–H and O–H groups in total. The lowest BCUT2D eigenvalue weighted by Crippen LogP contribution is -2.14. The molecule has 0 aliphatic rings. The number of anilines is 1. The number of hydrogen-bond donors (Lipinski definition) is 1. The van der Waals surface area contributed by atoms with Crippen molar-refractivity contribution in [1.29, 1.82) is 0 Å². The van der Waals surface area contributed by atoms with Crippen LogP contribution >= 0.6 is 27.7 Å². The molecule has 0 saturated heterocycles. The Bertz CT molecular complexity index is 730. The molecular formula is C14H14BrNO2S2. The number of aryl methyl sites for hydroxylation is 1. The zero-order valence-corrected chi connectivity index (χ0v) is 14.3. The van der Waals surface area contributed by atoms with Crippen molar-refractivity contribution < 1.29 is 8.42 Å². The van der Waals surface area contributed by atoms with Crippen LogP contribution in [0.4, 0.5) is 5.69 Å². The maximum absolute atomic E-state index is 12.5. The van der Waals surface area contributed by atoms with E-state index >= 15 is 0 Å². The fraction of sp³-hybridized carbons (Fsp3) is 0.143. The molecular weight excluding hydrogens is 358 g/mol. The van der Waals surface area contributed by atoms with Gasteiger partial charge in [-0.15, -0.1) is 11.8 Å². The Morgan fingerprint density at radius 3 is 2.50 bits per heavy atom. The molecule has 6 heteroatoms. The molecule has 0 heterocycles.